The van der Waals surface area contributed by atoms with E-state index in [1.807, 2.05) is 50.4 Å². The summed E-state index contributed by atoms with van der Waals surface area (Å²) < 4.78 is 46.1. The Morgan fingerprint density at radius 2 is 1.75 bits per heavy atom. The molecule has 5 heterocycles. The number of aliphatic hydroxyl groups is 1. The van der Waals surface area contributed by atoms with Crippen molar-refractivity contribution in [1.82, 2.24) is 25.3 Å². The number of carbonyl (C=O) groups is 3. The molecule has 10 rings (SSSR count). The van der Waals surface area contributed by atoms with E-state index >= 15 is 8.78 Å². The molecule has 4 aliphatic heterocycles. The molecule has 5 aliphatic rings. The highest BCUT2D eigenvalue weighted by atomic mass is 19.1. The minimum atomic E-state index is -0.944. The first-order valence-corrected chi connectivity index (χ1v) is 25.0. The van der Waals surface area contributed by atoms with E-state index in [4.69, 9.17) is 15.2 Å². The van der Waals surface area contributed by atoms with Crippen LogP contribution in [0.4, 0.5) is 25.1 Å². The molecule has 1 aromatic heterocycles. The quantitative estimate of drug-likeness (QED) is 0.0970. The molecule has 5 aromatic rings. The van der Waals surface area contributed by atoms with Gasteiger partial charge in [0.2, 0.25) is 11.8 Å². The number of carbonyl (C=O) groups excluding carboxylic acids is 3. The smallest absolute Gasteiger partial charge is 0.325 e. The van der Waals surface area contributed by atoms with Crippen molar-refractivity contribution < 1.29 is 37.7 Å². The standard InChI is InChI=1S/C55H62F2N8O6/c1-32-42(56)31-45-48(47(32)49-41(51(58)67)16-17-44(70-4)50(49)57)33(2)55(71-45,37-8-6-5-7-9-37)23-24-59-38-12-10-36(11-13-38)53(68)64-27-20-35(21-28-64)34-18-25-63(26-19-34)39-14-15-40-43(30-39)62(3)61-52(40)65-29-22-46(66)60-54(65)69/h5-9,16-18,25,30-31,33-36,38,46,59,66H,10-13,19-24,26-29H2,1-4H3,(H2,58,67)(H,60,69)/t33?,34?,36?,38?,46?,55-/m0/s1. The van der Waals surface area contributed by atoms with E-state index < -0.39 is 29.4 Å². The number of anilines is 2. The molecule has 1 aliphatic carbocycles. The fraction of sp³-hybridized carbons (Fsp3) is 0.455. The minimum Gasteiger partial charge on any atom is -0.494 e. The summed E-state index contributed by atoms with van der Waals surface area (Å²) in [6.45, 7) is 6.91. The van der Waals surface area contributed by atoms with Crippen LogP contribution in [0.2, 0.25) is 0 Å². The molecule has 4 atom stereocenters. The average Bonchev–Trinajstić information content (AvgIpc) is 3.86. The fourth-order valence-electron chi connectivity index (χ4n) is 12.1. The van der Waals surface area contributed by atoms with Crippen LogP contribution < -0.4 is 35.6 Å². The van der Waals surface area contributed by atoms with E-state index in [-0.39, 0.29) is 57.8 Å². The van der Waals surface area contributed by atoms with Gasteiger partial charge in [-0.25, -0.2) is 13.6 Å². The van der Waals surface area contributed by atoms with Gasteiger partial charge in [0, 0.05) is 87.3 Å². The highest BCUT2D eigenvalue weighted by molar-refractivity contribution is 6.02. The Bertz CT molecular complexity index is 2880. The normalized spacial score (nSPS) is 24.6. The van der Waals surface area contributed by atoms with Crippen molar-refractivity contribution in [2.75, 3.05) is 49.6 Å². The topological polar surface area (TPSA) is 168 Å². The Morgan fingerprint density at radius 3 is 2.44 bits per heavy atom. The molecule has 4 amide bonds. The zero-order valence-corrected chi connectivity index (χ0v) is 40.8. The largest absolute Gasteiger partial charge is 0.494 e. The van der Waals surface area contributed by atoms with Gasteiger partial charge in [-0.05, 0) is 111 Å². The lowest BCUT2D eigenvalue weighted by Gasteiger charge is -2.39. The van der Waals surface area contributed by atoms with Gasteiger partial charge in [0.15, 0.2) is 17.4 Å². The number of likely N-dealkylation sites (tertiary alicyclic amines) is 1. The Balaban J connectivity index is 0.735. The Kier molecular flexibility index (Phi) is 13.2. The Morgan fingerprint density at radius 1 is 0.986 bits per heavy atom. The summed E-state index contributed by atoms with van der Waals surface area (Å²) in [6.07, 6.45) is 10.8. The molecule has 3 unspecified atom stereocenters. The summed E-state index contributed by atoms with van der Waals surface area (Å²) in [5.74, 6) is -0.691. The van der Waals surface area contributed by atoms with E-state index in [1.165, 1.54) is 30.2 Å². The highest BCUT2D eigenvalue weighted by Gasteiger charge is 2.50. The number of benzene rings is 3. The van der Waals surface area contributed by atoms with Crippen LogP contribution in [0.15, 0.2) is 66.9 Å². The van der Waals surface area contributed by atoms with E-state index in [1.54, 1.807) is 11.6 Å². The van der Waals surface area contributed by atoms with Gasteiger partial charge in [0.25, 0.3) is 0 Å². The number of aryl methyl sites for hydroxylation is 1. The predicted octanol–water partition coefficient (Wildman–Crippen LogP) is 7.98. The zero-order chi connectivity index (χ0) is 49.7. The number of amides is 4. The summed E-state index contributed by atoms with van der Waals surface area (Å²) >= 11 is 0. The second-order valence-electron chi connectivity index (χ2n) is 20.0. The fourth-order valence-corrected chi connectivity index (χ4v) is 12.1. The number of rotatable bonds is 12. The molecule has 71 heavy (non-hydrogen) atoms. The van der Waals surface area contributed by atoms with Crippen LogP contribution >= 0.6 is 0 Å². The van der Waals surface area contributed by atoms with Gasteiger partial charge in [-0.2, -0.15) is 5.10 Å². The molecule has 0 spiro atoms. The molecule has 5 N–H and O–H groups in total. The van der Waals surface area contributed by atoms with Gasteiger partial charge in [-0.1, -0.05) is 49.4 Å². The van der Waals surface area contributed by atoms with Crippen LogP contribution in [-0.2, 0) is 17.4 Å². The molecule has 4 aromatic carbocycles. The van der Waals surface area contributed by atoms with Crippen LogP contribution in [0.25, 0.3) is 22.0 Å². The maximum Gasteiger partial charge on any atom is 0.325 e. The Labute approximate surface area is 413 Å². The summed E-state index contributed by atoms with van der Waals surface area (Å²) in [6, 6.07) is 22.4. The third-order valence-electron chi connectivity index (χ3n) is 16.1. The van der Waals surface area contributed by atoms with Crippen LogP contribution in [0.5, 0.6) is 11.5 Å². The summed E-state index contributed by atoms with van der Waals surface area (Å²) in [7, 11) is 3.19. The third kappa shape index (κ3) is 8.81. The van der Waals surface area contributed by atoms with E-state index in [0.29, 0.717) is 60.3 Å². The Hall–Kier alpha value is -6.70. The minimum absolute atomic E-state index is 0.000690. The molecule has 1 saturated carbocycles. The number of aromatic nitrogens is 2. The first-order valence-electron chi connectivity index (χ1n) is 25.0. The van der Waals surface area contributed by atoms with Crippen molar-refractivity contribution in [3.05, 3.63) is 113 Å². The highest BCUT2D eigenvalue weighted by Crippen LogP contribution is 2.57. The number of hydrogen-bond acceptors (Lipinski definition) is 9. The molecule has 0 radical (unpaired) electrons. The number of urea groups is 1. The molecule has 14 nitrogen and oxygen atoms in total. The number of nitrogens with zero attached hydrogens (tertiary/aromatic N) is 5. The number of ether oxygens (including phenoxy) is 2. The zero-order valence-electron chi connectivity index (χ0n) is 40.8. The van der Waals surface area contributed by atoms with Crippen molar-refractivity contribution in [2.45, 2.75) is 95.4 Å². The summed E-state index contributed by atoms with van der Waals surface area (Å²) in [4.78, 5) is 45.1. The van der Waals surface area contributed by atoms with Crippen molar-refractivity contribution in [2.24, 2.45) is 30.5 Å². The molecular formula is C55H62F2N8O6. The van der Waals surface area contributed by atoms with Gasteiger partial charge in [0.1, 0.15) is 23.4 Å². The number of nitrogens with one attached hydrogen (secondary N) is 2. The van der Waals surface area contributed by atoms with Crippen molar-refractivity contribution in [3.63, 3.8) is 0 Å². The molecular weight excluding hydrogens is 907 g/mol. The summed E-state index contributed by atoms with van der Waals surface area (Å²) in [5.41, 5.74) is 8.33. The SMILES string of the molecule is COc1ccc(C(N)=O)c(-c2c(C)c(F)cc3c2C(C)[C@@](CCNC2CCC(C(=O)N4CCC(C5C=CN(c6c#cc7c(N8CCC(O)NC8=O)nn(C)c7c6)CC5)CC4)CC2)(c2ccccc2)O3)c1F. The number of nitrogens with two attached hydrogens (primary N) is 1. The van der Waals surface area contributed by atoms with Crippen LogP contribution in [-0.4, -0.2) is 89.7 Å². The predicted molar refractivity (Wildman–Crippen MR) is 266 cm³/mol. The number of aliphatic hydroxyl groups excluding tert-OH is 1. The monoisotopic (exact) mass is 968 g/mol. The first-order chi connectivity index (χ1) is 34.3. The number of primary amides is 1. The number of allylic oxidation sites excluding steroid dienone is 1. The first kappa shape index (κ1) is 48.0. The van der Waals surface area contributed by atoms with Crippen LogP contribution in [0.3, 0.4) is 0 Å². The number of piperidine rings is 1. The molecule has 372 valence electrons. The van der Waals surface area contributed by atoms with Gasteiger partial charge in [-0.15, -0.1) is 0 Å². The maximum absolute atomic E-state index is 16.3. The summed E-state index contributed by atoms with van der Waals surface area (Å²) in [5, 5.41) is 21.5. The van der Waals surface area contributed by atoms with Crippen LogP contribution in [0.1, 0.15) is 97.7 Å². The van der Waals surface area contributed by atoms with Gasteiger partial charge in [-0.3, -0.25) is 19.2 Å². The third-order valence-corrected chi connectivity index (χ3v) is 16.1. The van der Waals surface area contributed by atoms with Crippen molar-refractivity contribution >= 4 is 40.3 Å². The van der Waals surface area contributed by atoms with E-state index in [2.05, 4.69) is 49.9 Å². The van der Waals surface area contributed by atoms with Gasteiger partial charge < -0.3 is 40.7 Å². The molecule has 0 bridgehead atoms. The van der Waals surface area contributed by atoms with Gasteiger partial charge in [0.05, 0.1) is 29.3 Å². The maximum atomic E-state index is 16.3. The van der Waals surface area contributed by atoms with Gasteiger partial charge >= 0.3 is 6.03 Å². The van der Waals surface area contributed by atoms with E-state index in [0.717, 1.165) is 81.3 Å². The second kappa shape index (κ2) is 19.5. The number of hydrogen-bond donors (Lipinski definition) is 4. The van der Waals surface area contributed by atoms with Crippen LogP contribution in [0, 0.1) is 48.4 Å². The van der Waals surface area contributed by atoms with Crippen molar-refractivity contribution in [1.29, 1.82) is 0 Å². The number of methoxy groups -OCH3 is 1. The lowest BCUT2D eigenvalue weighted by molar-refractivity contribution is -0.138. The molecule has 2 saturated heterocycles. The number of halogens is 2. The lowest BCUT2D eigenvalue weighted by atomic mass is 9.75. The second-order valence-corrected chi connectivity index (χ2v) is 20.0. The number of fused-ring (bicyclic) bond motifs is 2. The molecule has 3 fully saturated rings. The average molecular weight is 969 g/mol. The van der Waals surface area contributed by atoms with Crippen molar-refractivity contribution in [3.8, 4) is 22.6 Å². The van der Waals surface area contributed by atoms with E-state index in [9.17, 15) is 19.5 Å². The molecule has 16 heteroatoms. The lowest BCUT2D eigenvalue weighted by Crippen LogP contribution is -2.52.